The Bertz CT molecular complexity index is 891. The second-order valence-corrected chi connectivity index (χ2v) is 4.81. The van der Waals surface area contributed by atoms with Crippen LogP contribution in [-0.4, -0.2) is 25.0 Å². The van der Waals surface area contributed by atoms with Gasteiger partial charge in [-0.2, -0.15) is 0 Å². The molecular weight excluding hydrogens is 286 g/mol. The molecule has 2 heterocycles. The van der Waals surface area contributed by atoms with Crippen LogP contribution < -0.4 is 11.2 Å². The zero-order valence-electron chi connectivity index (χ0n) is 12.4. The number of allylic oxidation sites excluding steroid dienone is 1. The number of nitrogens with zero attached hydrogens (tertiary/aromatic N) is 3. The summed E-state index contributed by atoms with van der Waals surface area (Å²) in [6, 6.07) is 5.30. The van der Waals surface area contributed by atoms with Crippen LogP contribution in [0.15, 0.2) is 33.9 Å². The van der Waals surface area contributed by atoms with Gasteiger partial charge in [0.2, 0.25) is 5.88 Å². The van der Waals surface area contributed by atoms with Crippen LogP contribution in [0.4, 0.5) is 0 Å². The Hall–Kier alpha value is -2.96. The van der Waals surface area contributed by atoms with E-state index in [0.717, 1.165) is 20.9 Å². The standard InChI is InChI=1S/C15H15N3O4/c1-9-5-4-6-10(16-9)7-8-11(19)12-13(20)17(2)15(22)18(3)14(12)21/h4-8,20H,1-3H3/b8-7+. The summed E-state index contributed by atoms with van der Waals surface area (Å²) in [5, 5.41) is 9.87. The van der Waals surface area contributed by atoms with Crippen molar-refractivity contribution in [1.82, 2.24) is 14.1 Å². The molecule has 0 saturated heterocycles. The summed E-state index contributed by atoms with van der Waals surface area (Å²) in [4.78, 5) is 40.0. The molecule has 7 nitrogen and oxygen atoms in total. The number of ketones is 1. The SMILES string of the molecule is Cc1cccc(/C=C/C(=O)c2c(O)n(C)c(=O)n(C)c2=O)n1. The van der Waals surface area contributed by atoms with E-state index in [2.05, 4.69) is 4.98 Å². The van der Waals surface area contributed by atoms with Gasteiger partial charge in [-0.1, -0.05) is 6.07 Å². The summed E-state index contributed by atoms with van der Waals surface area (Å²) in [5.74, 6) is -1.35. The first kappa shape index (κ1) is 15.4. The minimum Gasteiger partial charge on any atom is -0.494 e. The highest BCUT2D eigenvalue weighted by molar-refractivity contribution is 6.07. The Morgan fingerprint density at radius 3 is 2.55 bits per heavy atom. The Morgan fingerprint density at radius 1 is 1.23 bits per heavy atom. The summed E-state index contributed by atoms with van der Waals surface area (Å²) in [7, 11) is 2.52. The van der Waals surface area contributed by atoms with Crippen LogP contribution in [0.25, 0.3) is 6.08 Å². The van der Waals surface area contributed by atoms with Crippen LogP contribution in [0.2, 0.25) is 0 Å². The molecule has 0 amide bonds. The molecule has 0 aliphatic heterocycles. The van der Waals surface area contributed by atoms with Gasteiger partial charge >= 0.3 is 5.69 Å². The molecule has 0 aliphatic carbocycles. The van der Waals surface area contributed by atoms with Crippen LogP contribution >= 0.6 is 0 Å². The van der Waals surface area contributed by atoms with Crippen LogP contribution in [-0.2, 0) is 14.1 Å². The third-order valence-electron chi connectivity index (χ3n) is 3.20. The number of carbonyl (C=O) groups excluding carboxylic acids is 1. The monoisotopic (exact) mass is 301 g/mol. The smallest absolute Gasteiger partial charge is 0.333 e. The average molecular weight is 301 g/mol. The zero-order chi connectivity index (χ0) is 16.4. The molecule has 0 fully saturated rings. The molecule has 0 aliphatic rings. The topological polar surface area (TPSA) is 94.2 Å². The minimum atomic E-state index is -0.840. The molecule has 0 radical (unpaired) electrons. The summed E-state index contributed by atoms with van der Waals surface area (Å²) in [6.45, 7) is 1.81. The largest absolute Gasteiger partial charge is 0.494 e. The van der Waals surface area contributed by atoms with Gasteiger partial charge in [0.15, 0.2) is 5.78 Å². The van der Waals surface area contributed by atoms with Crippen molar-refractivity contribution < 1.29 is 9.90 Å². The van der Waals surface area contributed by atoms with Crippen molar-refractivity contribution in [3.63, 3.8) is 0 Å². The Kier molecular flexibility index (Phi) is 4.07. The maximum Gasteiger partial charge on any atom is 0.333 e. The van der Waals surface area contributed by atoms with Crippen molar-refractivity contribution in [2.75, 3.05) is 0 Å². The van der Waals surface area contributed by atoms with Crippen molar-refractivity contribution in [2.45, 2.75) is 6.92 Å². The van der Waals surface area contributed by atoms with E-state index in [9.17, 15) is 19.5 Å². The van der Waals surface area contributed by atoms with Gasteiger partial charge in [-0.05, 0) is 31.2 Å². The summed E-state index contributed by atoms with van der Waals surface area (Å²) in [6.07, 6.45) is 2.59. The van der Waals surface area contributed by atoms with E-state index in [1.54, 1.807) is 12.1 Å². The van der Waals surface area contributed by atoms with Crippen LogP contribution in [0, 0.1) is 6.92 Å². The number of rotatable bonds is 3. The Labute approximate surface area is 125 Å². The molecule has 2 aromatic rings. The van der Waals surface area contributed by atoms with Crippen molar-refractivity contribution in [2.24, 2.45) is 14.1 Å². The number of carbonyl (C=O) groups is 1. The van der Waals surface area contributed by atoms with E-state index in [-0.39, 0.29) is 0 Å². The van der Waals surface area contributed by atoms with Gasteiger partial charge in [0.25, 0.3) is 5.56 Å². The van der Waals surface area contributed by atoms with Crippen molar-refractivity contribution in [3.05, 3.63) is 62.1 Å². The third-order valence-corrected chi connectivity index (χ3v) is 3.20. The lowest BCUT2D eigenvalue weighted by molar-refractivity contribution is 0.104. The summed E-state index contributed by atoms with van der Waals surface area (Å²) < 4.78 is 1.61. The van der Waals surface area contributed by atoms with E-state index in [1.807, 2.05) is 13.0 Å². The fraction of sp³-hybridized carbons (Fsp3) is 0.200. The second-order valence-electron chi connectivity index (χ2n) is 4.81. The first-order valence-corrected chi connectivity index (χ1v) is 6.48. The highest BCUT2D eigenvalue weighted by Crippen LogP contribution is 2.11. The maximum atomic E-state index is 12.2. The number of hydrogen-bond donors (Lipinski definition) is 1. The first-order chi connectivity index (χ1) is 10.3. The molecule has 0 spiro atoms. The van der Waals surface area contributed by atoms with Crippen molar-refractivity contribution in [3.8, 4) is 5.88 Å². The fourth-order valence-electron chi connectivity index (χ4n) is 1.95. The molecule has 0 bridgehead atoms. The Balaban J connectivity index is 2.47. The maximum absolute atomic E-state index is 12.2. The predicted octanol–water partition coefficient (Wildman–Crippen LogP) is 0.389. The molecule has 7 heteroatoms. The lowest BCUT2D eigenvalue weighted by Crippen LogP contribution is -2.39. The van der Waals surface area contributed by atoms with Gasteiger partial charge in [0.05, 0.1) is 5.69 Å². The zero-order valence-corrected chi connectivity index (χ0v) is 12.4. The van der Waals surface area contributed by atoms with E-state index >= 15 is 0 Å². The highest BCUT2D eigenvalue weighted by Gasteiger charge is 2.19. The van der Waals surface area contributed by atoms with Crippen LogP contribution in [0.5, 0.6) is 5.88 Å². The quantitative estimate of drug-likeness (QED) is 0.653. The van der Waals surface area contributed by atoms with Gasteiger partial charge in [-0.25, -0.2) is 4.79 Å². The summed E-state index contributed by atoms with van der Waals surface area (Å²) in [5.41, 5.74) is -0.658. The lowest BCUT2D eigenvalue weighted by atomic mass is 10.1. The van der Waals surface area contributed by atoms with Gasteiger partial charge in [-0.3, -0.25) is 23.7 Å². The van der Waals surface area contributed by atoms with Gasteiger partial charge < -0.3 is 5.11 Å². The molecule has 22 heavy (non-hydrogen) atoms. The highest BCUT2D eigenvalue weighted by atomic mass is 16.3. The molecule has 2 aromatic heterocycles. The molecular formula is C15H15N3O4. The molecule has 1 N–H and O–H groups in total. The lowest BCUT2D eigenvalue weighted by Gasteiger charge is -2.07. The molecule has 0 unspecified atom stereocenters. The molecule has 0 aromatic carbocycles. The average Bonchev–Trinajstić information content (AvgIpc) is 2.49. The van der Waals surface area contributed by atoms with Gasteiger partial charge in [0, 0.05) is 19.8 Å². The van der Waals surface area contributed by atoms with Crippen molar-refractivity contribution in [1.29, 1.82) is 0 Å². The van der Waals surface area contributed by atoms with E-state index in [0.29, 0.717) is 5.69 Å². The van der Waals surface area contributed by atoms with Crippen LogP contribution in [0.3, 0.4) is 0 Å². The number of pyridine rings is 1. The number of aromatic hydroxyl groups is 1. The molecule has 2 rings (SSSR count). The second kappa shape index (κ2) is 5.80. The summed E-state index contributed by atoms with van der Waals surface area (Å²) >= 11 is 0. The number of aryl methyl sites for hydroxylation is 1. The number of aromatic nitrogens is 3. The molecule has 0 saturated carbocycles. The van der Waals surface area contributed by atoms with E-state index in [4.69, 9.17) is 0 Å². The molecule has 114 valence electrons. The first-order valence-electron chi connectivity index (χ1n) is 6.48. The van der Waals surface area contributed by atoms with Crippen molar-refractivity contribution >= 4 is 11.9 Å². The minimum absolute atomic E-state index is 0.450. The third kappa shape index (κ3) is 2.73. The fourth-order valence-corrected chi connectivity index (χ4v) is 1.95. The Morgan fingerprint density at radius 2 is 1.91 bits per heavy atom. The molecule has 0 atom stereocenters. The van der Waals surface area contributed by atoms with E-state index in [1.165, 1.54) is 20.2 Å². The number of hydrogen-bond acceptors (Lipinski definition) is 5. The predicted molar refractivity (Wildman–Crippen MR) is 80.9 cm³/mol. The van der Waals surface area contributed by atoms with Gasteiger partial charge in [0.1, 0.15) is 5.56 Å². The van der Waals surface area contributed by atoms with Crippen LogP contribution in [0.1, 0.15) is 21.7 Å². The van der Waals surface area contributed by atoms with E-state index < -0.39 is 28.5 Å². The van der Waals surface area contributed by atoms with Gasteiger partial charge in [-0.15, -0.1) is 0 Å². The normalized spacial score (nSPS) is 11.0.